The number of unbranched alkanes of at least 4 members (excludes halogenated alkanes) is 1. The molecule has 2 rings (SSSR count). The van der Waals surface area contributed by atoms with E-state index in [2.05, 4.69) is 20.9 Å². The van der Waals surface area contributed by atoms with Crippen molar-refractivity contribution in [1.82, 2.24) is 20.9 Å². The van der Waals surface area contributed by atoms with E-state index in [9.17, 15) is 19.2 Å². The number of carbonyl (C=O) groups excluding carboxylic acids is 2. The summed E-state index contributed by atoms with van der Waals surface area (Å²) in [6, 6.07) is 0.348. The number of hydrogen-bond acceptors (Lipinski definition) is 26. The Hall–Kier alpha value is -2.81. The van der Waals surface area contributed by atoms with E-state index in [0.717, 1.165) is 25.0 Å². The van der Waals surface area contributed by atoms with Crippen molar-refractivity contribution in [3.05, 3.63) is 0 Å². The number of aliphatic carboxylic acids is 2. The zero-order valence-corrected chi connectivity index (χ0v) is 53.7. The molecule has 30 nitrogen and oxygen atoms in total. The van der Waals surface area contributed by atoms with Crippen LogP contribution in [0.3, 0.4) is 0 Å². The highest BCUT2D eigenvalue weighted by Gasteiger charge is 2.42. The minimum absolute atomic E-state index is 0.0202. The van der Waals surface area contributed by atoms with Gasteiger partial charge in [-0.3, -0.25) is 19.3 Å². The standard InChI is InChI=1S/C58H110N4O26S/c63-54(4-2-1-3-53-57-52(51-89-53)60-58(68)61-57)59-7-13-71-19-25-77-31-32-78-26-20-72-14-8-62(9-15-73-21-27-79-33-37-83-41-45-87-49-47-85-43-39-81-35-29-75-23-17-69-11-5-55(64)65)10-16-74-22-28-80-34-38-84-42-46-88-50-48-86-44-40-82-36-30-76-24-18-70-12-6-56(66)67/h52-53,57H,1-51H2,(H,59,63)(H,64,65)(H,66,67)(H2,60,61,68)/t52-,53-,57-/m0/s1. The smallest absolute Gasteiger partial charge is 0.315 e. The topological polar surface area (TPSA) is 333 Å². The molecule has 31 heteroatoms. The quantitative estimate of drug-likeness (QED) is 0.0407. The number of rotatable bonds is 74. The summed E-state index contributed by atoms with van der Waals surface area (Å²) in [5.74, 6) is -0.809. The van der Waals surface area contributed by atoms with Gasteiger partial charge in [0.25, 0.3) is 0 Å². The molecule has 0 aromatic heterocycles. The van der Waals surface area contributed by atoms with E-state index in [-0.39, 0.29) is 50.1 Å². The average molecular weight is 1310 g/mol. The number of fused-ring (bicyclic) bond motifs is 1. The third kappa shape index (κ3) is 57.6. The Labute approximate surface area is 531 Å². The van der Waals surface area contributed by atoms with Crippen molar-refractivity contribution in [2.45, 2.75) is 55.9 Å². The Morgan fingerprint density at radius 3 is 0.933 bits per heavy atom. The normalized spacial score (nSPS) is 15.5. The fourth-order valence-corrected chi connectivity index (χ4v) is 9.45. The molecular weight excluding hydrogens is 1200 g/mol. The Morgan fingerprint density at radius 1 is 0.371 bits per heavy atom. The predicted molar refractivity (Wildman–Crippen MR) is 324 cm³/mol. The van der Waals surface area contributed by atoms with Gasteiger partial charge in [0.1, 0.15) is 0 Å². The lowest BCUT2D eigenvalue weighted by Gasteiger charge is -2.22. The second-order valence-electron chi connectivity index (χ2n) is 19.6. The Bertz CT molecular complexity index is 1530. The summed E-state index contributed by atoms with van der Waals surface area (Å²) in [6.45, 7) is 19.6. The number of thioether (sulfide) groups is 1. The average Bonchev–Trinajstić information content (AvgIpc) is 2.19. The fraction of sp³-hybridized carbons (Fsp3) is 0.931. The van der Waals surface area contributed by atoms with Crippen molar-refractivity contribution in [3.63, 3.8) is 0 Å². The van der Waals surface area contributed by atoms with Gasteiger partial charge in [0, 0.05) is 43.6 Å². The second-order valence-corrected chi connectivity index (χ2v) is 20.9. The Morgan fingerprint density at radius 2 is 0.640 bits per heavy atom. The molecule has 0 radical (unpaired) electrons. The second kappa shape index (κ2) is 65.3. The van der Waals surface area contributed by atoms with Crippen LogP contribution in [0.15, 0.2) is 0 Å². The van der Waals surface area contributed by atoms with Gasteiger partial charge in [-0.25, -0.2) is 4.79 Å². The van der Waals surface area contributed by atoms with Crippen molar-refractivity contribution in [2.75, 3.05) is 296 Å². The fourth-order valence-electron chi connectivity index (χ4n) is 7.91. The maximum absolute atomic E-state index is 12.2. The summed E-state index contributed by atoms with van der Waals surface area (Å²) in [6.07, 6.45) is 3.21. The van der Waals surface area contributed by atoms with Crippen LogP contribution in [0.5, 0.6) is 0 Å². The lowest BCUT2D eigenvalue weighted by atomic mass is 10.0. The van der Waals surface area contributed by atoms with Crippen LogP contribution >= 0.6 is 11.8 Å². The third-order valence-corrected chi connectivity index (χ3v) is 14.1. The monoisotopic (exact) mass is 1310 g/mol. The molecule has 2 saturated heterocycles. The maximum Gasteiger partial charge on any atom is 0.315 e. The maximum atomic E-state index is 12.2. The van der Waals surface area contributed by atoms with Crippen molar-refractivity contribution in [2.24, 2.45) is 0 Å². The first-order chi connectivity index (χ1) is 43.8. The van der Waals surface area contributed by atoms with E-state index in [1.807, 2.05) is 11.8 Å². The molecule has 524 valence electrons. The zero-order valence-electron chi connectivity index (χ0n) is 52.8. The van der Waals surface area contributed by atoms with E-state index in [1.165, 1.54) is 0 Å². The van der Waals surface area contributed by atoms with Crippen LogP contribution in [-0.2, 0) is 109 Å². The highest BCUT2D eigenvalue weighted by Crippen LogP contribution is 2.33. The first-order valence-electron chi connectivity index (χ1n) is 31.5. The summed E-state index contributed by atoms with van der Waals surface area (Å²) in [4.78, 5) is 46.9. The SMILES string of the molecule is O=C(O)CCOCCOCCOCCOCCOCCOCCOCCOCCN(CCOCCOCCOCCOCCNC(=O)CCCC[C@@H]1SC[C@@H]2NC(=O)N[C@@H]21)CCOCCOCCOCCOCCOCCOCCOCCOCCC(=O)O. The number of amides is 3. The van der Waals surface area contributed by atoms with Gasteiger partial charge in [-0.15, -0.1) is 0 Å². The molecule has 2 aliphatic heterocycles. The van der Waals surface area contributed by atoms with Crippen molar-refractivity contribution < 1.29 is 124 Å². The molecule has 0 bridgehead atoms. The van der Waals surface area contributed by atoms with Crippen LogP contribution < -0.4 is 16.0 Å². The lowest BCUT2D eigenvalue weighted by molar-refractivity contribution is -0.139. The molecule has 0 aromatic rings. The third-order valence-electron chi connectivity index (χ3n) is 12.5. The number of nitrogens with zero attached hydrogens (tertiary/aromatic N) is 1. The van der Waals surface area contributed by atoms with Gasteiger partial charge in [0.15, 0.2) is 0 Å². The zero-order chi connectivity index (χ0) is 63.7. The van der Waals surface area contributed by atoms with E-state index in [1.54, 1.807) is 0 Å². The molecule has 89 heavy (non-hydrogen) atoms. The lowest BCUT2D eigenvalue weighted by Crippen LogP contribution is -2.36. The molecule has 3 amide bonds. The van der Waals surface area contributed by atoms with Crippen molar-refractivity contribution in [1.29, 1.82) is 0 Å². The number of urea groups is 1. The van der Waals surface area contributed by atoms with Gasteiger partial charge in [-0.2, -0.15) is 11.8 Å². The Kier molecular flexibility index (Phi) is 60.3. The van der Waals surface area contributed by atoms with Crippen LogP contribution in [0.2, 0.25) is 0 Å². The number of carboxylic acids is 2. The molecular formula is C58H110N4O26S. The van der Waals surface area contributed by atoms with Crippen LogP contribution in [-0.4, -0.2) is 353 Å². The first-order valence-corrected chi connectivity index (χ1v) is 32.6. The van der Waals surface area contributed by atoms with E-state index < -0.39 is 11.9 Å². The minimum Gasteiger partial charge on any atom is -0.481 e. The summed E-state index contributed by atoms with van der Waals surface area (Å²) in [5, 5.41) is 26.4. The number of carboxylic acid groups (broad SMARTS) is 2. The summed E-state index contributed by atoms with van der Waals surface area (Å²) in [5.41, 5.74) is 0. The van der Waals surface area contributed by atoms with Crippen LogP contribution in [0.1, 0.15) is 38.5 Å². The molecule has 2 heterocycles. The van der Waals surface area contributed by atoms with Gasteiger partial charge in [-0.1, -0.05) is 6.42 Å². The van der Waals surface area contributed by atoms with Crippen LogP contribution in [0, 0.1) is 0 Å². The van der Waals surface area contributed by atoms with Crippen LogP contribution in [0.25, 0.3) is 0 Å². The Balaban J connectivity index is 1.43. The molecule has 0 spiro atoms. The molecule has 0 unspecified atom stereocenters. The summed E-state index contributed by atoms with van der Waals surface area (Å²) >= 11 is 1.89. The molecule has 0 aromatic carbocycles. The minimum atomic E-state index is -0.887. The van der Waals surface area contributed by atoms with Gasteiger partial charge in [0.2, 0.25) is 5.91 Å². The molecule has 5 N–H and O–H groups in total. The number of carbonyl (C=O) groups is 4. The van der Waals surface area contributed by atoms with Gasteiger partial charge in [-0.05, 0) is 12.8 Å². The summed E-state index contributed by atoms with van der Waals surface area (Å²) < 4.78 is 111. The van der Waals surface area contributed by atoms with Gasteiger partial charge >= 0.3 is 18.0 Å². The molecule has 0 saturated carbocycles. The molecule has 2 aliphatic rings. The molecule has 0 aliphatic carbocycles. The number of nitrogens with one attached hydrogen (secondary N) is 3. The largest absolute Gasteiger partial charge is 0.481 e. The highest BCUT2D eigenvalue weighted by atomic mass is 32.2. The van der Waals surface area contributed by atoms with Crippen LogP contribution in [0.4, 0.5) is 4.79 Å². The van der Waals surface area contributed by atoms with Gasteiger partial charge in [0.05, 0.1) is 289 Å². The van der Waals surface area contributed by atoms with Crippen molar-refractivity contribution in [3.8, 4) is 0 Å². The van der Waals surface area contributed by atoms with Gasteiger partial charge < -0.3 is 121 Å². The van der Waals surface area contributed by atoms with E-state index in [4.69, 9.17) is 105 Å². The van der Waals surface area contributed by atoms with Crippen molar-refractivity contribution >= 4 is 35.6 Å². The van der Waals surface area contributed by atoms with E-state index >= 15 is 0 Å². The first kappa shape index (κ1) is 82.3. The number of hydrogen-bond donors (Lipinski definition) is 5. The number of ether oxygens (including phenoxy) is 20. The molecule has 3 atom stereocenters. The van der Waals surface area contributed by atoms with E-state index in [0.29, 0.717) is 289 Å². The highest BCUT2D eigenvalue weighted by molar-refractivity contribution is 8.00. The predicted octanol–water partition coefficient (Wildman–Crippen LogP) is 0.412. The summed E-state index contributed by atoms with van der Waals surface area (Å²) in [7, 11) is 0. The molecule has 2 fully saturated rings.